The number of para-hydroxylation sites is 1. The zero-order chi connectivity index (χ0) is 20.5. The van der Waals surface area contributed by atoms with E-state index in [1.807, 2.05) is 48.5 Å². The summed E-state index contributed by atoms with van der Waals surface area (Å²) >= 11 is 0. The van der Waals surface area contributed by atoms with Gasteiger partial charge in [-0.1, -0.05) is 53.7 Å². The Balaban J connectivity index is 1.49. The molecule has 2 aromatic carbocycles. The second-order valence-electron chi connectivity index (χ2n) is 7.04. The Kier molecular flexibility index (Phi) is 4.48. The van der Waals surface area contributed by atoms with Crippen LogP contribution in [0.5, 0.6) is 0 Å². The van der Waals surface area contributed by atoms with E-state index in [2.05, 4.69) is 45.8 Å². The van der Waals surface area contributed by atoms with Crippen LogP contribution in [-0.4, -0.2) is 30.4 Å². The van der Waals surface area contributed by atoms with Crippen molar-refractivity contribution in [2.75, 3.05) is 0 Å². The fourth-order valence-corrected chi connectivity index (χ4v) is 3.59. The third-order valence-corrected chi connectivity index (χ3v) is 5.16. The number of hydrogen-bond acceptors (Lipinski definition) is 5. The Morgan fingerprint density at radius 1 is 0.967 bits per heavy atom. The molecule has 0 bridgehead atoms. The second kappa shape index (κ2) is 7.44. The van der Waals surface area contributed by atoms with Crippen LogP contribution in [0.15, 0.2) is 72.1 Å². The molecule has 0 aliphatic carbocycles. The number of fused-ring (bicyclic) bond motifs is 3. The number of rotatable bonds is 5. The lowest BCUT2D eigenvalue weighted by Crippen LogP contribution is -1.99. The summed E-state index contributed by atoms with van der Waals surface area (Å²) in [4.78, 5) is 14.8. The van der Waals surface area contributed by atoms with Gasteiger partial charge in [-0.15, -0.1) is 5.10 Å². The van der Waals surface area contributed by atoms with Crippen LogP contribution in [0.2, 0.25) is 0 Å². The van der Waals surface area contributed by atoms with Gasteiger partial charge in [0.2, 0.25) is 0 Å². The van der Waals surface area contributed by atoms with Crippen molar-refractivity contribution in [3.8, 4) is 5.69 Å². The Morgan fingerprint density at radius 3 is 2.47 bits per heavy atom. The molecular formula is C23H20N6O. The van der Waals surface area contributed by atoms with E-state index >= 15 is 0 Å². The highest BCUT2D eigenvalue weighted by Crippen LogP contribution is 2.29. The smallest absolute Gasteiger partial charge is 0.192 e. The third kappa shape index (κ3) is 3.10. The van der Waals surface area contributed by atoms with Crippen LogP contribution in [0.3, 0.4) is 0 Å². The van der Waals surface area contributed by atoms with Crippen LogP contribution in [0, 0.1) is 13.8 Å². The first-order valence-corrected chi connectivity index (χ1v) is 9.70. The molecule has 0 spiro atoms. The second-order valence-corrected chi connectivity index (χ2v) is 7.04. The van der Waals surface area contributed by atoms with Gasteiger partial charge in [0.25, 0.3) is 0 Å². The van der Waals surface area contributed by atoms with Crippen LogP contribution in [0.4, 0.5) is 0 Å². The van der Waals surface area contributed by atoms with Crippen LogP contribution in [-0.2, 0) is 11.4 Å². The number of aryl methyl sites for hydroxylation is 1. The largest absolute Gasteiger partial charge is 0.387 e. The van der Waals surface area contributed by atoms with Crippen LogP contribution in [0.25, 0.3) is 22.4 Å². The fourth-order valence-electron chi connectivity index (χ4n) is 3.59. The van der Waals surface area contributed by atoms with Gasteiger partial charge in [-0.05, 0) is 37.1 Å². The Hall–Kier alpha value is -4.00. The van der Waals surface area contributed by atoms with Crippen LogP contribution < -0.4 is 0 Å². The summed E-state index contributed by atoms with van der Waals surface area (Å²) in [7, 11) is 0. The number of aromatic nitrogens is 5. The minimum absolute atomic E-state index is 0.184. The van der Waals surface area contributed by atoms with E-state index in [1.165, 1.54) is 0 Å². The molecule has 7 nitrogen and oxygen atoms in total. The zero-order valence-corrected chi connectivity index (χ0v) is 16.7. The van der Waals surface area contributed by atoms with Crippen molar-refractivity contribution in [2.24, 2.45) is 5.16 Å². The van der Waals surface area contributed by atoms with Crippen molar-refractivity contribution in [3.05, 3.63) is 89.6 Å². The minimum atomic E-state index is 0.184. The molecule has 5 rings (SSSR count). The maximum atomic E-state index is 5.40. The summed E-state index contributed by atoms with van der Waals surface area (Å²) in [6.45, 7) is 4.37. The van der Waals surface area contributed by atoms with Crippen molar-refractivity contribution < 1.29 is 4.84 Å². The van der Waals surface area contributed by atoms with E-state index in [0.717, 1.165) is 39.2 Å². The average molecular weight is 396 g/mol. The van der Waals surface area contributed by atoms with Crippen molar-refractivity contribution in [3.63, 3.8) is 0 Å². The molecule has 0 atom stereocenters. The zero-order valence-electron chi connectivity index (χ0n) is 16.7. The van der Waals surface area contributed by atoms with Gasteiger partial charge in [0, 0.05) is 11.4 Å². The summed E-state index contributed by atoms with van der Waals surface area (Å²) in [5.41, 5.74) is 5.94. The number of benzene rings is 2. The van der Waals surface area contributed by atoms with E-state index < -0.39 is 0 Å². The van der Waals surface area contributed by atoms with Crippen molar-refractivity contribution >= 4 is 22.9 Å². The van der Waals surface area contributed by atoms with E-state index in [1.54, 1.807) is 17.1 Å². The third-order valence-electron chi connectivity index (χ3n) is 5.16. The first kappa shape index (κ1) is 18.1. The Bertz CT molecular complexity index is 1350. The maximum Gasteiger partial charge on any atom is 0.192 e. The van der Waals surface area contributed by atoms with Gasteiger partial charge in [-0.2, -0.15) is 0 Å². The molecule has 0 aliphatic rings. The standard InChI is InChI=1S/C23H20N6O/c1-16-17(2)29(19-11-7-4-8-12-19)22-21(16)23-26-20(27-28(23)15-24-22)14-30-25-13-18-9-5-3-6-10-18/h3-13,15H,14H2,1-2H3/b25-13-. The van der Waals surface area contributed by atoms with Crippen molar-refractivity contribution in [1.29, 1.82) is 0 Å². The lowest BCUT2D eigenvalue weighted by Gasteiger charge is -2.07. The highest BCUT2D eigenvalue weighted by Gasteiger charge is 2.18. The minimum Gasteiger partial charge on any atom is -0.387 e. The Labute approximate surface area is 173 Å². The molecule has 3 aromatic heterocycles. The first-order chi connectivity index (χ1) is 14.7. The molecule has 5 aromatic rings. The van der Waals surface area contributed by atoms with Gasteiger partial charge in [0.05, 0.1) is 11.6 Å². The molecule has 0 saturated heterocycles. The summed E-state index contributed by atoms with van der Waals surface area (Å²) in [5, 5.41) is 9.50. The van der Waals surface area contributed by atoms with Crippen molar-refractivity contribution in [2.45, 2.75) is 20.5 Å². The van der Waals surface area contributed by atoms with Crippen molar-refractivity contribution in [1.82, 2.24) is 24.1 Å². The molecular weight excluding hydrogens is 376 g/mol. The molecule has 0 N–H and O–H groups in total. The van der Waals surface area contributed by atoms with E-state index in [9.17, 15) is 0 Å². The number of hydrogen-bond donors (Lipinski definition) is 0. The summed E-state index contributed by atoms with van der Waals surface area (Å²) in [5.74, 6) is 0.555. The summed E-state index contributed by atoms with van der Waals surface area (Å²) in [6, 6.07) is 20.0. The predicted molar refractivity (Wildman–Crippen MR) is 116 cm³/mol. The normalized spacial score (nSPS) is 11.7. The van der Waals surface area contributed by atoms with Gasteiger partial charge in [0.15, 0.2) is 23.7 Å². The molecule has 0 unspecified atom stereocenters. The lowest BCUT2D eigenvalue weighted by atomic mass is 10.2. The van der Waals surface area contributed by atoms with Gasteiger partial charge >= 0.3 is 0 Å². The number of oxime groups is 1. The molecule has 0 radical (unpaired) electrons. The van der Waals surface area contributed by atoms with Crippen LogP contribution in [0.1, 0.15) is 22.6 Å². The molecule has 148 valence electrons. The van der Waals surface area contributed by atoms with E-state index in [0.29, 0.717) is 5.82 Å². The highest BCUT2D eigenvalue weighted by atomic mass is 16.6. The summed E-state index contributed by atoms with van der Waals surface area (Å²) < 4.78 is 3.85. The molecule has 0 saturated carbocycles. The molecule has 30 heavy (non-hydrogen) atoms. The predicted octanol–water partition coefficient (Wildman–Crippen LogP) is 4.24. The molecule has 0 fully saturated rings. The van der Waals surface area contributed by atoms with E-state index in [4.69, 9.17) is 9.82 Å². The highest BCUT2D eigenvalue weighted by molar-refractivity contribution is 5.94. The topological polar surface area (TPSA) is 69.6 Å². The molecule has 0 aliphatic heterocycles. The Morgan fingerprint density at radius 2 is 1.70 bits per heavy atom. The fraction of sp³-hybridized carbons (Fsp3) is 0.130. The van der Waals surface area contributed by atoms with Gasteiger partial charge in [-0.3, -0.25) is 4.57 Å². The average Bonchev–Trinajstić information content (AvgIpc) is 3.31. The van der Waals surface area contributed by atoms with Gasteiger partial charge in [-0.25, -0.2) is 14.5 Å². The van der Waals surface area contributed by atoms with E-state index in [-0.39, 0.29) is 6.61 Å². The quantitative estimate of drug-likeness (QED) is 0.329. The molecule has 7 heteroatoms. The number of nitrogens with zero attached hydrogens (tertiary/aromatic N) is 6. The summed E-state index contributed by atoms with van der Waals surface area (Å²) in [6.07, 6.45) is 3.36. The lowest BCUT2D eigenvalue weighted by molar-refractivity contribution is 0.126. The van der Waals surface area contributed by atoms with Crippen LogP contribution >= 0.6 is 0 Å². The first-order valence-electron chi connectivity index (χ1n) is 9.70. The monoisotopic (exact) mass is 396 g/mol. The van der Waals surface area contributed by atoms with Gasteiger partial charge < -0.3 is 4.84 Å². The maximum absolute atomic E-state index is 5.40. The molecule has 0 amide bonds. The van der Waals surface area contributed by atoms with Gasteiger partial charge in [0.1, 0.15) is 6.33 Å². The molecule has 3 heterocycles. The SMILES string of the molecule is Cc1c(C)n(-c2ccccc2)c2ncn3nc(CO/N=C\c4ccccc4)nc3c12.